The summed E-state index contributed by atoms with van der Waals surface area (Å²) in [7, 11) is 0. The van der Waals surface area contributed by atoms with Crippen molar-refractivity contribution in [2.24, 2.45) is 17.8 Å². The van der Waals surface area contributed by atoms with Crippen molar-refractivity contribution < 1.29 is 4.79 Å². The van der Waals surface area contributed by atoms with Crippen LogP contribution in [0.1, 0.15) is 50.0 Å². The topological polar surface area (TPSA) is 46.9 Å². The van der Waals surface area contributed by atoms with Crippen LogP contribution in [0.5, 0.6) is 0 Å². The van der Waals surface area contributed by atoms with E-state index in [2.05, 4.69) is 17.3 Å². The first kappa shape index (κ1) is 13.9. The fourth-order valence-electron chi connectivity index (χ4n) is 4.12. The number of hydrogen-bond acceptors (Lipinski definition) is 2. The molecular weight excluding hydrogens is 274 g/mol. The number of halogens is 1. The molecule has 1 heterocycles. The Balaban J connectivity index is 1.68. The van der Waals surface area contributed by atoms with Crippen LogP contribution in [-0.4, -0.2) is 21.7 Å². The Bertz CT molecular complexity index is 513. The molecule has 5 heteroatoms. The van der Waals surface area contributed by atoms with Gasteiger partial charge in [0.15, 0.2) is 0 Å². The summed E-state index contributed by atoms with van der Waals surface area (Å²) in [6.45, 7) is 4.74. The van der Waals surface area contributed by atoms with Crippen molar-refractivity contribution in [2.45, 2.75) is 52.1 Å². The fourth-order valence-corrected chi connectivity index (χ4v) is 4.34. The van der Waals surface area contributed by atoms with Gasteiger partial charge >= 0.3 is 0 Å². The number of amides is 1. The number of aromatic nitrogens is 2. The molecule has 4 nitrogen and oxygen atoms in total. The van der Waals surface area contributed by atoms with Crippen molar-refractivity contribution in [1.82, 2.24) is 15.1 Å². The number of hydrogen-bond donors (Lipinski definition) is 1. The number of nitrogens with one attached hydrogen (secondary N) is 1. The maximum atomic E-state index is 12.4. The van der Waals surface area contributed by atoms with Gasteiger partial charge in [-0.25, -0.2) is 0 Å². The van der Waals surface area contributed by atoms with Gasteiger partial charge in [0.05, 0.1) is 11.2 Å². The smallest absolute Gasteiger partial charge is 0.271 e. The molecule has 2 aliphatic carbocycles. The molecule has 2 bridgehead atoms. The Hall–Kier alpha value is -1.03. The number of aryl methyl sites for hydroxylation is 1. The zero-order valence-corrected chi connectivity index (χ0v) is 12.9. The highest BCUT2D eigenvalue weighted by Crippen LogP contribution is 2.49. The number of fused-ring (bicyclic) bond motifs is 2. The summed E-state index contributed by atoms with van der Waals surface area (Å²) in [5.74, 6) is 2.25. The fraction of sp³-hybridized carbons (Fsp3) is 0.733. The predicted molar refractivity (Wildman–Crippen MR) is 78.8 cm³/mol. The minimum absolute atomic E-state index is 0.0929. The Morgan fingerprint density at radius 2 is 2.35 bits per heavy atom. The van der Waals surface area contributed by atoms with Gasteiger partial charge in [-0.05, 0) is 50.9 Å². The van der Waals surface area contributed by atoms with E-state index in [0.717, 1.165) is 11.8 Å². The zero-order chi connectivity index (χ0) is 14.3. The Labute approximate surface area is 124 Å². The lowest BCUT2D eigenvalue weighted by molar-refractivity contribution is 0.0904. The first-order valence-electron chi connectivity index (χ1n) is 7.62. The van der Waals surface area contributed by atoms with Gasteiger partial charge in [-0.3, -0.25) is 9.48 Å². The molecule has 2 fully saturated rings. The van der Waals surface area contributed by atoms with Crippen LogP contribution >= 0.6 is 11.6 Å². The van der Waals surface area contributed by atoms with Crippen molar-refractivity contribution >= 4 is 17.5 Å². The molecule has 3 rings (SSSR count). The maximum Gasteiger partial charge on any atom is 0.271 e. The molecule has 20 heavy (non-hydrogen) atoms. The molecule has 1 N–H and O–H groups in total. The average Bonchev–Trinajstić information content (AvgIpc) is 3.12. The van der Waals surface area contributed by atoms with E-state index in [4.69, 9.17) is 11.6 Å². The molecule has 0 saturated heterocycles. The highest BCUT2D eigenvalue weighted by Gasteiger charge is 2.42. The molecule has 2 saturated carbocycles. The average molecular weight is 296 g/mol. The van der Waals surface area contributed by atoms with Crippen LogP contribution in [-0.2, 0) is 6.54 Å². The molecule has 1 aromatic heterocycles. The molecular formula is C15H22ClN3O. The summed E-state index contributed by atoms with van der Waals surface area (Å²) in [6.07, 6.45) is 6.90. The second-order valence-electron chi connectivity index (χ2n) is 6.26. The minimum Gasteiger partial charge on any atom is -0.348 e. The molecule has 1 amide bonds. The van der Waals surface area contributed by atoms with E-state index in [0.29, 0.717) is 23.2 Å². The van der Waals surface area contributed by atoms with E-state index in [9.17, 15) is 4.79 Å². The van der Waals surface area contributed by atoms with Crippen LogP contribution in [0.4, 0.5) is 0 Å². The van der Waals surface area contributed by atoms with E-state index in [1.807, 2.05) is 6.92 Å². The number of rotatable bonds is 4. The van der Waals surface area contributed by atoms with Crippen molar-refractivity contribution in [1.29, 1.82) is 0 Å². The van der Waals surface area contributed by atoms with Gasteiger partial charge in [0.1, 0.15) is 5.69 Å². The second-order valence-corrected chi connectivity index (χ2v) is 6.66. The van der Waals surface area contributed by atoms with Crippen molar-refractivity contribution in [2.75, 3.05) is 0 Å². The third kappa shape index (κ3) is 2.34. The van der Waals surface area contributed by atoms with E-state index in [1.54, 1.807) is 10.9 Å². The molecule has 0 unspecified atom stereocenters. The SMILES string of the molecule is CCn1ncc(Cl)c1C(=O)N[C@H](C)[C@H]1C[C@H]2CC[C@H]1C2. The summed E-state index contributed by atoms with van der Waals surface area (Å²) >= 11 is 6.08. The van der Waals surface area contributed by atoms with Gasteiger partial charge < -0.3 is 5.32 Å². The lowest BCUT2D eigenvalue weighted by Gasteiger charge is -2.28. The van der Waals surface area contributed by atoms with Gasteiger partial charge in [-0.1, -0.05) is 18.0 Å². The molecule has 0 spiro atoms. The highest BCUT2D eigenvalue weighted by molar-refractivity contribution is 6.33. The standard InChI is InChI=1S/C15H22ClN3O/c1-3-19-14(13(16)8-17-19)15(20)18-9(2)12-7-10-4-5-11(12)6-10/h8-12H,3-7H2,1-2H3,(H,18,20)/t9-,10+,11+,12-/m1/s1. The van der Waals surface area contributed by atoms with Crippen LogP contribution < -0.4 is 5.32 Å². The predicted octanol–water partition coefficient (Wildman–Crippen LogP) is 3.11. The van der Waals surface area contributed by atoms with Crippen molar-refractivity contribution in [3.63, 3.8) is 0 Å². The number of carbonyl (C=O) groups excluding carboxylic acids is 1. The Morgan fingerprint density at radius 3 is 2.95 bits per heavy atom. The molecule has 0 radical (unpaired) electrons. The largest absolute Gasteiger partial charge is 0.348 e. The van der Waals surface area contributed by atoms with Gasteiger partial charge in [-0.15, -0.1) is 0 Å². The molecule has 2 aliphatic rings. The van der Waals surface area contributed by atoms with Gasteiger partial charge in [0, 0.05) is 12.6 Å². The Kier molecular flexibility index (Phi) is 3.76. The maximum absolute atomic E-state index is 12.4. The molecule has 1 aromatic rings. The molecule has 0 aromatic carbocycles. The van der Waals surface area contributed by atoms with E-state index in [1.165, 1.54) is 25.7 Å². The molecule has 110 valence electrons. The van der Waals surface area contributed by atoms with Gasteiger partial charge in [-0.2, -0.15) is 5.10 Å². The summed E-state index contributed by atoms with van der Waals surface area (Å²) < 4.78 is 1.66. The minimum atomic E-state index is -0.0929. The third-order valence-corrected chi connectivity index (χ3v) is 5.38. The lowest BCUT2D eigenvalue weighted by atomic mass is 9.84. The quantitative estimate of drug-likeness (QED) is 0.928. The van der Waals surface area contributed by atoms with Gasteiger partial charge in [0.25, 0.3) is 5.91 Å². The van der Waals surface area contributed by atoms with E-state index >= 15 is 0 Å². The number of nitrogens with zero attached hydrogens (tertiary/aromatic N) is 2. The summed E-state index contributed by atoms with van der Waals surface area (Å²) in [4.78, 5) is 12.4. The highest BCUT2D eigenvalue weighted by atomic mass is 35.5. The molecule has 4 atom stereocenters. The summed E-state index contributed by atoms with van der Waals surface area (Å²) in [5, 5.41) is 7.70. The van der Waals surface area contributed by atoms with Gasteiger partial charge in [0.2, 0.25) is 0 Å². The van der Waals surface area contributed by atoms with E-state index < -0.39 is 0 Å². The number of carbonyl (C=O) groups is 1. The zero-order valence-electron chi connectivity index (χ0n) is 12.1. The second kappa shape index (κ2) is 5.40. The van der Waals surface area contributed by atoms with Crippen LogP contribution in [0, 0.1) is 17.8 Å². The monoisotopic (exact) mass is 295 g/mol. The summed E-state index contributed by atoms with van der Waals surface area (Å²) in [5.41, 5.74) is 0.490. The molecule has 0 aliphatic heterocycles. The third-order valence-electron chi connectivity index (χ3n) is 5.10. The summed E-state index contributed by atoms with van der Waals surface area (Å²) in [6, 6.07) is 0.217. The van der Waals surface area contributed by atoms with Crippen LogP contribution in [0.25, 0.3) is 0 Å². The normalized spacial score (nSPS) is 29.6. The first-order valence-corrected chi connectivity index (χ1v) is 8.00. The van der Waals surface area contributed by atoms with Crippen molar-refractivity contribution in [3.05, 3.63) is 16.9 Å². The Morgan fingerprint density at radius 1 is 1.55 bits per heavy atom. The van der Waals surface area contributed by atoms with Crippen LogP contribution in [0.3, 0.4) is 0 Å². The van der Waals surface area contributed by atoms with E-state index in [-0.39, 0.29) is 11.9 Å². The lowest BCUT2D eigenvalue weighted by Crippen LogP contribution is -2.41. The first-order chi connectivity index (χ1) is 9.60. The van der Waals surface area contributed by atoms with Crippen LogP contribution in [0.15, 0.2) is 6.20 Å². The van der Waals surface area contributed by atoms with Crippen molar-refractivity contribution in [3.8, 4) is 0 Å². The van der Waals surface area contributed by atoms with Crippen LogP contribution in [0.2, 0.25) is 5.02 Å².